The highest BCUT2D eigenvalue weighted by atomic mass is 35.5. The standard InChI is InChI=1S/C17H20ClN3O3/c1-12-11-23-10-9-21(12)16(22)4-2-3-15-19-17(20-24-15)13-5-7-14(18)8-6-13/h5-8,12H,2-4,9-11H2,1H3/t12-/m0/s1. The number of benzene rings is 1. The maximum absolute atomic E-state index is 12.2. The van der Waals surface area contributed by atoms with E-state index in [-0.39, 0.29) is 11.9 Å². The lowest BCUT2D eigenvalue weighted by atomic mass is 10.2. The summed E-state index contributed by atoms with van der Waals surface area (Å²) < 4.78 is 10.6. The van der Waals surface area contributed by atoms with Crippen molar-refractivity contribution in [3.05, 3.63) is 35.2 Å². The second kappa shape index (κ2) is 7.77. The van der Waals surface area contributed by atoms with Crippen molar-refractivity contribution in [1.82, 2.24) is 15.0 Å². The molecule has 1 fully saturated rings. The first-order valence-electron chi connectivity index (χ1n) is 8.09. The minimum absolute atomic E-state index is 0.145. The average molecular weight is 350 g/mol. The monoisotopic (exact) mass is 349 g/mol. The molecule has 0 N–H and O–H groups in total. The molecule has 6 nitrogen and oxygen atoms in total. The minimum atomic E-state index is 0.145. The Labute approximate surface area is 145 Å². The highest BCUT2D eigenvalue weighted by Crippen LogP contribution is 2.19. The Morgan fingerprint density at radius 1 is 1.38 bits per heavy atom. The lowest BCUT2D eigenvalue weighted by Crippen LogP contribution is -2.47. The molecule has 0 saturated carbocycles. The second-order valence-corrected chi connectivity index (χ2v) is 6.32. The van der Waals surface area contributed by atoms with Gasteiger partial charge in [-0.05, 0) is 37.6 Å². The zero-order valence-electron chi connectivity index (χ0n) is 13.6. The van der Waals surface area contributed by atoms with Gasteiger partial charge in [-0.15, -0.1) is 0 Å². The molecule has 1 saturated heterocycles. The molecule has 1 aliphatic heterocycles. The number of ether oxygens (including phenoxy) is 1. The fourth-order valence-electron chi connectivity index (χ4n) is 2.70. The largest absolute Gasteiger partial charge is 0.377 e. The van der Waals surface area contributed by atoms with Crippen LogP contribution in [0.25, 0.3) is 11.4 Å². The molecule has 24 heavy (non-hydrogen) atoms. The quantitative estimate of drug-likeness (QED) is 0.830. The molecule has 1 atom stereocenters. The number of hydrogen-bond donors (Lipinski definition) is 0. The van der Waals surface area contributed by atoms with Gasteiger partial charge in [0.2, 0.25) is 17.6 Å². The highest BCUT2D eigenvalue weighted by Gasteiger charge is 2.23. The lowest BCUT2D eigenvalue weighted by molar-refractivity contribution is -0.139. The van der Waals surface area contributed by atoms with Gasteiger partial charge < -0.3 is 14.2 Å². The van der Waals surface area contributed by atoms with Crippen LogP contribution in [0.4, 0.5) is 0 Å². The highest BCUT2D eigenvalue weighted by molar-refractivity contribution is 6.30. The number of carbonyl (C=O) groups is 1. The van der Waals surface area contributed by atoms with Gasteiger partial charge in [-0.2, -0.15) is 4.98 Å². The summed E-state index contributed by atoms with van der Waals surface area (Å²) in [6, 6.07) is 7.41. The van der Waals surface area contributed by atoms with Gasteiger partial charge in [0.25, 0.3) is 0 Å². The SMILES string of the molecule is C[C@H]1COCCN1C(=O)CCCc1nc(-c2ccc(Cl)cc2)no1. The molecule has 0 aliphatic carbocycles. The summed E-state index contributed by atoms with van der Waals surface area (Å²) in [7, 11) is 0. The molecule has 0 unspecified atom stereocenters. The van der Waals surface area contributed by atoms with E-state index >= 15 is 0 Å². The number of nitrogens with zero attached hydrogens (tertiary/aromatic N) is 3. The Bertz CT molecular complexity index is 687. The van der Waals surface area contributed by atoms with Crippen molar-refractivity contribution in [2.45, 2.75) is 32.2 Å². The molecule has 7 heteroatoms. The van der Waals surface area contributed by atoms with Crippen LogP contribution in [0.2, 0.25) is 5.02 Å². The van der Waals surface area contributed by atoms with Gasteiger partial charge in [-0.1, -0.05) is 16.8 Å². The summed E-state index contributed by atoms with van der Waals surface area (Å²) in [5.74, 6) is 1.24. The lowest BCUT2D eigenvalue weighted by Gasteiger charge is -2.33. The van der Waals surface area contributed by atoms with Gasteiger partial charge in [0.1, 0.15) is 0 Å². The molecular formula is C17H20ClN3O3. The Balaban J connectivity index is 1.50. The molecule has 0 radical (unpaired) electrons. The van der Waals surface area contributed by atoms with Gasteiger partial charge in [-0.25, -0.2) is 0 Å². The van der Waals surface area contributed by atoms with Crippen LogP contribution in [0.3, 0.4) is 0 Å². The van der Waals surface area contributed by atoms with E-state index in [1.165, 1.54) is 0 Å². The summed E-state index contributed by atoms with van der Waals surface area (Å²) in [6.45, 7) is 3.90. The number of aryl methyl sites for hydroxylation is 1. The van der Waals surface area contributed by atoms with Crippen LogP contribution in [0.5, 0.6) is 0 Å². The predicted octanol–water partition coefficient (Wildman–Crippen LogP) is 2.96. The van der Waals surface area contributed by atoms with Crippen molar-refractivity contribution in [2.24, 2.45) is 0 Å². The smallest absolute Gasteiger partial charge is 0.226 e. The molecule has 1 aromatic carbocycles. The molecule has 1 aromatic heterocycles. The third-order valence-electron chi connectivity index (χ3n) is 4.04. The summed E-state index contributed by atoms with van der Waals surface area (Å²) >= 11 is 5.87. The fourth-order valence-corrected chi connectivity index (χ4v) is 2.83. The predicted molar refractivity (Wildman–Crippen MR) is 89.7 cm³/mol. The Morgan fingerprint density at radius 2 is 2.17 bits per heavy atom. The van der Waals surface area contributed by atoms with Crippen LogP contribution in [0.15, 0.2) is 28.8 Å². The maximum Gasteiger partial charge on any atom is 0.226 e. The van der Waals surface area contributed by atoms with Crippen LogP contribution in [0, 0.1) is 0 Å². The number of amides is 1. The number of morpholine rings is 1. The first kappa shape index (κ1) is 16.9. The molecule has 1 amide bonds. The summed E-state index contributed by atoms with van der Waals surface area (Å²) in [5, 5.41) is 4.64. The first-order valence-corrected chi connectivity index (χ1v) is 8.47. The number of carbonyl (C=O) groups excluding carboxylic acids is 1. The van der Waals surface area contributed by atoms with Crippen LogP contribution < -0.4 is 0 Å². The first-order chi connectivity index (χ1) is 11.6. The van der Waals surface area contributed by atoms with Crippen molar-refractivity contribution >= 4 is 17.5 Å². The molecule has 0 bridgehead atoms. The Morgan fingerprint density at radius 3 is 2.92 bits per heavy atom. The van der Waals surface area contributed by atoms with E-state index in [2.05, 4.69) is 10.1 Å². The molecule has 1 aliphatic rings. The van der Waals surface area contributed by atoms with Gasteiger partial charge >= 0.3 is 0 Å². The van der Waals surface area contributed by atoms with Crippen molar-refractivity contribution in [3.8, 4) is 11.4 Å². The maximum atomic E-state index is 12.2. The zero-order chi connectivity index (χ0) is 16.9. The van der Waals surface area contributed by atoms with Crippen LogP contribution >= 0.6 is 11.6 Å². The molecular weight excluding hydrogens is 330 g/mol. The zero-order valence-corrected chi connectivity index (χ0v) is 14.3. The van der Waals surface area contributed by atoms with Gasteiger partial charge in [0, 0.05) is 30.0 Å². The van der Waals surface area contributed by atoms with Gasteiger partial charge in [0.05, 0.1) is 19.3 Å². The fraction of sp³-hybridized carbons (Fsp3) is 0.471. The topological polar surface area (TPSA) is 68.5 Å². The van der Waals surface area contributed by atoms with E-state index in [1.807, 2.05) is 24.0 Å². The van der Waals surface area contributed by atoms with E-state index in [9.17, 15) is 4.79 Å². The molecule has 3 rings (SSSR count). The van der Waals surface area contributed by atoms with E-state index < -0.39 is 0 Å². The van der Waals surface area contributed by atoms with Crippen molar-refractivity contribution in [3.63, 3.8) is 0 Å². The summed E-state index contributed by atoms with van der Waals surface area (Å²) in [5.41, 5.74) is 0.854. The number of hydrogen-bond acceptors (Lipinski definition) is 5. The van der Waals surface area contributed by atoms with Crippen LogP contribution in [-0.2, 0) is 16.0 Å². The van der Waals surface area contributed by atoms with Crippen molar-refractivity contribution in [2.75, 3.05) is 19.8 Å². The van der Waals surface area contributed by atoms with Crippen LogP contribution in [-0.4, -0.2) is 46.7 Å². The van der Waals surface area contributed by atoms with E-state index in [0.717, 1.165) is 5.56 Å². The van der Waals surface area contributed by atoms with E-state index in [4.69, 9.17) is 20.9 Å². The minimum Gasteiger partial charge on any atom is -0.377 e. The molecule has 2 aromatic rings. The molecule has 2 heterocycles. The van der Waals surface area contributed by atoms with E-state index in [1.54, 1.807) is 12.1 Å². The Kier molecular flexibility index (Phi) is 5.48. The molecule has 128 valence electrons. The third kappa shape index (κ3) is 4.13. The summed E-state index contributed by atoms with van der Waals surface area (Å²) in [6.07, 6.45) is 1.75. The second-order valence-electron chi connectivity index (χ2n) is 5.88. The molecule has 0 spiro atoms. The number of halogens is 1. The summed E-state index contributed by atoms with van der Waals surface area (Å²) in [4.78, 5) is 18.5. The van der Waals surface area contributed by atoms with Gasteiger partial charge in [-0.3, -0.25) is 4.79 Å². The Hall–Kier alpha value is -1.92. The van der Waals surface area contributed by atoms with Crippen molar-refractivity contribution in [1.29, 1.82) is 0 Å². The average Bonchev–Trinajstić information content (AvgIpc) is 3.04. The third-order valence-corrected chi connectivity index (χ3v) is 4.29. The van der Waals surface area contributed by atoms with Crippen LogP contribution in [0.1, 0.15) is 25.7 Å². The van der Waals surface area contributed by atoms with Gasteiger partial charge in [0.15, 0.2) is 0 Å². The normalized spacial score (nSPS) is 17.9. The number of aromatic nitrogens is 2. The van der Waals surface area contributed by atoms with Crippen molar-refractivity contribution < 1.29 is 14.1 Å². The number of rotatable bonds is 5. The van der Waals surface area contributed by atoms with E-state index in [0.29, 0.717) is 55.8 Å².